The number of unbranched alkanes of at least 4 members (excludes halogenated alkanes) is 1. The lowest BCUT2D eigenvalue weighted by Crippen LogP contribution is -3.00. The number of hydrogen-bond acceptors (Lipinski definition) is 4. The average Bonchev–Trinajstić information content (AvgIpc) is 3.42. The van der Waals surface area contributed by atoms with Gasteiger partial charge in [0.25, 0.3) is 0 Å². The van der Waals surface area contributed by atoms with E-state index in [4.69, 9.17) is 0 Å². The lowest BCUT2D eigenvalue weighted by molar-refractivity contribution is -0.325. The van der Waals surface area contributed by atoms with E-state index >= 15 is 0 Å². The van der Waals surface area contributed by atoms with Crippen LogP contribution in [-0.4, -0.2) is 18.1 Å². The Hall–Kier alpha value is -2.75. The topological polar surface area (TPSA) is 80.3 Å². The van der Waals surface area contributed by atoms with Crippen molar-refractivity contribution in [3.8, 4) is 0 Å². The molecule has 1 aliphatic carbocycles. The molecule has 39 heavy (non-hydrogen) atoms. The number of carbonyl (C=O) groups is 2. The Morgan fingerprint density at radius 1 is 0.692 bits per heavy atom. The minimum atomic E-state index is -1.53. The molecule has 3 aromatic carbocycles. The molecule has 2 atom stereocenters. The van der Waals surface area contributed by atoms with E-state index in [0.717, 1.165) is 11.7 Å². The van der Waals surface area contributed by atoms with Crippen LogP contribution in [0.4, 0.5) is 0 Å². The van der Waals surface area contributed by atoms with E-state index in [9.17, 15) is 19.8 Å². The summed E-state index contributed by atoms with van der Waals surface area (Å²) >= 11 is 0. The van der Waals surface area contributed by atoms with Crippen LogP contribution in [0.5, 0.6) is 0 Å². The number of carboxylic acid groups (broad SMARTS) is 2. The predicted molar refractivity (Wildman–Crippen MR) is 156 cm³/mol. The quantitative estimate of drug-likeness (QED) is 0.298. The van der Waals surface area contributed by atoms with Crippen LogP contribution in [0.1, 0.15) is 53.4 Å². The molecular weight excluding hydrogens is 571 g/mol. The molecule has 6 heteroatoms. The fourth-order valence-corrected chi connectivity index (χ4v) is 8.74. The summed E-state index contributed by atoms with van der Waals surface area (Å²) in [6, 6.07) is 33.0. The summed E-state index contributed by atoms with van der Waals surface area (Å²) in [6.07, 6.45) is 6.08. The zero-order chi connectivity index (χ0) is 28.0. The second kappa shape index (κ2) is 17.8. The molecule has 0 radical (unpaired) electrons. The lowest BCUT2D eigenvalue weighted by atomic mass is 9.97. The van der Waals surface area contributed by atoms with Crippen molar-refractivity contribution in [3.63, 3.8) is 0 Å². The van der Waals surface area contributed by atoms with Crippen LogP contribution in [0.15, 0.2) is 103 Å². The van der Waals surface area contributed by atoms with Crippen LogP contribution in [0, 0.1) is 11.8 Å². The number of hydrogen-bond donors (Lipinski definition) is 0. The molecule has 0 spiro atoms. The molecule has 3 aromatic rings. The van der Waals surface area contributed by atoms with Gasteiger partial charge in [-0.2, -0.15) is 0 Å². The Kier molecular flexibility index (Phi) is 15.6. The molecule has 0 bridgehead atoms. The summed E-state index contributed by atoms with van der Waals surface area (Å²) < 4.78 is 0. The first-order valence-electron chi connectivity index (χ1n) is 13.5. The molecule has 0 aromatic heterocycles. The largest absolute Gasteiger partial charge is 1.00 e. The summed E-state index contributed by atoms with van der Waals surface area (Å²) in [4.78, 5) is 21.1. The number of halogens is 1. The first kappa shape index (κ1) is 34.3. The first-order valence-corrected chi connectivity index (χ1v) is 15.4. The molecule has 1 fully saturated rings. The summed E-state index contributed by atoms with van der Waals surface area (Å²) in [5, 5.41) is 25.5. The van der Waals surface area contributed by atoms with E-state index in [1.807, 2.05) is 0 Å². The van der Waals surface area contributed by atoms with Crippen molar-refractivity contribution in [3.05, 3.63) is 103 Å². The van der Waals surface area contributed by atoms with Gasteiger partial charge in [0.15, 0.2) is 0 Å². The van der Waals surface area contributed by atoms with Gasteiger partial charge < -0.3 is 36.8 Å². The Morgan fingerprint density at radius 2 is 1.00 bits per heavy atom. The third kappa shape index (κ3) is 9.15. The molecule has 4 nitrogen and oxygen atoms in total. The normalized spacial score (nSPS) is 15.9. The van der Waals surface area contributed by atoms with E-state index in [2.05, 4.69) is 112 Å². The van der Waals surface area contributed by atoms with Crippen LogP contribution < -0.4 is 43.1 Å². The van der Waals surface area contributed by atoms with Crippen molar-refractivity contribution in [1.82, 2.24) is 0 Å². The summed E-state index contributed by atoms with van der Waals surface area (Å²) in [6.45, 7) is 8.44. The number of allylic oxidation sites excluding steroid dienone is 2. The van der Waals surface area contributed by atoms with Gasteiger partial charge in [-0.25, -0.2) is 0 Å². The van der Waals surface area contributed by atoms with Crippen LogP contribution in [-0.2, 0) is 9.59 Å². The van der Waals surface area contributed by atoms with Crippen molar-refractivity contribution in [2.75, 3.05) is 6.16 Å². The highest BCUT2D eigenvalue weighted by Crippen LogP contribution is 2.54. The third-order valence-electron chi connectivity index (χ3n) is 7.03. The second-order valence-corrected chi connectivity index (χ2v) is 13.1. The Labute approximate surface area is 245 Å². The molecule has 1 saturated carbocycles. The Morgan fingerprint density at radius 3 is 1.21 bits per heavy atom. The van der Waals surface area contributed by atoms with Gasteiger partial charge in [-0.05, 0) is 63.1 Å². The monoisotopic (exact) mass is 610 g/mol. The Balaban J connectivity index is 0.000000363. The van der Waals surface area contributed by atoms with Crippen LogP contribution >= 0.6 is 7.26 Å². The number of rotatable bonds is 7. The van der Waals surface area contributed by atoms with Crippen LogP contribution in [0.25, 0.3) is 0 Å². The Bertz CT molecular complexity index is 1030. The van der Waals surface area contributed by atoms with Crippen LogP contribution in [0.3, 0.4) is 0 Å². The van der Waals surface area contributed by atoms with Crippen molar-refractivity contribution in [1.29, 1.82) is 0 Å². The van der Waals surface area contributed by atoms with Gasteiger partial charge in [0, 0.05) is 23.8 Å². The molecule has 0 saturated heterocycles. The fourth-order valence-electron chi connectivity index (χ4n) is 4.71. The van der Waals surface area contributed by atoms with E-state index in [1.54, 1.807) is 13.0 Å². The van der Waals surface area contributed by atoms with Crippen molar-refractivity contribution >= 4 is 35.1 Å². The van der Waals surface area contributed by atoms with E-state index in [1.165, 1.54) is 28.8 Å². The van der Waals surface area contributed by atoms with Gasteiger partial charge in [-0.1, -0.05) is 92.9 Å². The fraction of sp³-hybridized carbons (Fsp3) is 0.333. The van der Waals surface area contributed by atoms with Crippen molar-refractivity contribution in [2.45, 2.75) is 53.4 Å². The molecule has 210 valence electrons. The zero-order valence-corrected chi connectivity index (χ0v) is 25.9. The SMILES string of the molecule is CC=C1CC(C(=O)[O-])C(C(=O)[O-])C1.CCCC.CC[P+](c1ccccc1)(c1ccccc1)c1ccccc1.[Br-]. The minimum absolute atomic E-state index is 0. The minimum Gasteiger partial charge on any atom is -1.00 e. The highest BCUT2D eigenvalue weighted by molar-refractivity contribution is 7.95. The molecular formula is C33H40BrO4P-2. The number of benzene rings is 3. The molecule has 2 unspecified atom stereocenters. The number of carboxylic acids is 2. The van der Waals surface area contributed by atoms with Gasteiger partial charge in [-0.3, -0.25) is 0 Å². The second-order valence-electron chi connectivity index (χ2n) is 9.34. The van der Waals surface area contributed by atoms with E-state index < -0.39 is 31.0 Å². The lowest BCUT2D eigenvalue weighted by Gasteiger charge is -2.26. The van der Waals surface area contributed by atoms with Gasteiger partial charge >= 0.3 is 0 Å². The maximum Gasteiger partial charge on any atom is 0.111 e. The smallest absolute Gasteiger partial charge is 0.111 e. The van der Waals surface area contributed by atoms with E-state index in [-0.39, 0.29) is 29.8 Å². The molecule has 0 amide bonds. The van der Waals surface area contributed by atoms with Gasteiger partial charge in [0.2, 0.25) is 0 Å². The summed E-state index contributed by atoms with van der Waals surface area (Å²) in [7, 11) is -1.53. The highest BCUT2D eigenvalue weighted by Gasteiger charge is 2.43. The average molecular weight is 612 g/mol. The van der Waals surface area contributed by atoms with E-state index in [0.29, 0.717) is 0 Å². The van der Waals surface area contributed by atoms with Gasteiger partial charge in [-0.15, -0.1) is 0 Å². The first-order chi connectivity index (χ1) is 18.3. The zero-order valence-electron chi connectivity index (χ0n) is 23.4. The number of carbonyl (C=O) groups excluding carboxylic acids is 2. The molecule has 1 aliphatic rings. The molecule has 0 heterocycles. The maximum atomic E-state index is 10.5. The molecule has 0 aliphatic heterocycles. The molecule has 0 N–H and O–H groups in total. The van der Waals surface area contributed by atoms with Crippen molar-refractivity contribution < 1.29 is 36.8 Å². The highest BCUT2D eigenvalue weighted by atomic mass is 79.9. The third-order valence-corrected chi connectivity index (χ3v) is 11.5. The maximum absolute atomic E-state index is 10.5. The standard InChI is InChI=1S/C20H20P.C9H12O4.C4H10.BrH/c1-2-21(18-12-6-3-7-13-18,19-14-8-4-9-15-19)20-16-10-5-11-17-20;1-2-5-3-6(8(10)11)7(4-5)9(12)13;1-3-4-2;/h3-17H,2H2,1H3;2,6-7H,3-4H2,1H3,(H,10,11)(H,12,13);3-4H2,1-2H3;1H/q+1;;;/p-3. The number of aliphatic carboxylic acids is 2. The van der Waals surface area contributed by atoms with Gasteiger partial charge in [0.1, 0.15) is 23.2 Å². The predicted octanol–water partition coefficient (Wildman–Crippen LogP) is 1.27. The summed E-state index contributed by atoms with van der Waals surface area (Å²) in [5.41, 5.74) is 0.850. The van der Waals surface area contributed by atoms with Crippen molar-refractivity contribution in [2.24, 2.45) is 11.8 Å². The van der Waals surface area contributed by atoms with Crippen LogP contribution in [0.2, 0.25) is 0 Å². The molecule has 4 rings (SSSR count). The van der Waals surface area contributed by atoms with Gasteiger partial charge in [0.05, 0.1) is 6.16 Å². The summed E-state index contributed by atoms with van der Waals surface area (Å²) in [5.74, 6) is -4.44.